The van der Waals surface area contributed by atoms with Gasteiger partial charge in [-0.15, -0.1) is 23.6 Å². The molecular weight excluding hydrogens is 834 g/mol. The second-order valence-corrected chi connectivity index (χ2v) is 16.1. The Hall–Kier alpha value is -4.99. The molecule has 266 valence electrons. The van der Waals surface area contributed by atoms with E-state index < -0.39 is 0 Å². The Kier molecular flexibility index (Phi) is 8.69. The van der Waals surface area contributed by atoms with E-state index in [2.05, 4.69) is 137 Å². The summed E-state index contributed by atoms with van der Waals surface area (Å²) in [5, 5.41) is 2.26. The standard InChI is InChI=1S/C47H41N3O2.Pt/c1-46(2,3)33-16-19-41-39(26-33)38-18-17-35(28-42(38)50(41)43-27-34(20-21-48-43)47(4,5)6)51-36-23-31(29-12-8-7-9-13-29)22-32(24-36)45-49-40-25-30-14-10-11-15-37(30)44(40)52-45;/h7-23,26-27,40,44H,25H2,1-6H3;/q-2;+2/t40-,44+;/m1./s1. The van der Waals surface area contributed by atoms with Gasteiger partial charge in [-0.25, -0.2) is 4.98 Å². The maximum Gasteiger partial charge on any atom is 2.00 e. The van der Waals surface area contributed by atoms with Crippen molar-refractivity contribution in [2.45, 2.75) is 70.9 Å². The average Bonchev–Trinajstić information content (AvgIpc) is 3.80. The van der Waals surface area contributed by atoms with Crippen molar-refractivity contribution in [1.29, 1.82) is 0 Å². The van der Waals surface area contributed by atoms with Crippen LogP contribution in [0.2, 0.25) is 0 Å². The maximum absolute atomic E-state index is 6.69. The minimum Gasteiger partial charge on any atom is -0.510 e. The molecule has 7 aromatic rings. The predicted molar refractivity (Wildman–Crippen MR) is 210 cm³/mol. The van der Waals surface area contributed by atoms with E-state index in [1.165, 1.54) is 22.3 Å². The zero-order valence-electron chi connectivity index (χ0n) is 30.8. The SMILES string of the molecule is CC(C)(C)c1ccnc(-n2c3[c-]c(Oc4[c-]c(C5=N[C@@H]6Cc7ccccc7[C@@H]6O5)cc(-c5ccccc5)c4)ccc3c3cc(C(C)(C)C)ccc32)c1.[Pt+2]. The molecule has 2 atom stereocenters. The van der Waals surface area contributed by atoms with E-state index >= 15 is 0 Å². The van der Waals surface area contributed by atoms with Crippen LogP contribution >= 0.6 is 0 Å². The fourth-order valence-electron chi connectivity index (χ4n) is 7.55. The van der Waals surface area contributed by atoms with Gasteiger partial charge in [-0.1, -0.05) is 137 Å². The molecule has 0 bridgehead atoms. The van der Waals surface area contributed by atoms with E-state index in [4.69, 9.17) is 19.5 Å². The van der Waals surface area contributed by atoms with Crippen molar-refractivity contribution in [3.63, 3.8) is 0 Å². The molecule has 9 rings (SSSR count). The van der Waals surface area contributed by atoms with Gasteiger partial charge >= 0.3 is 21.1 Å². The summed E-state index contributed by atoms with van der Waals surface area (Å²) in [7, 11) is 0. The van der Waals surface area contributed by atoms with Crippen molar-refractivity contribution in [2.24, 2.45) is 4.99 Å². The van der Waals surface area contributed by atoms with Crippen LogP contribution in [0.15, 0.2) is 120 Å². The van der Waals surface area contributed by atoms with Crippen LogP contribution < -0.4 is 4.74 Å². The number of pyridine rings is 1. The summed E-state index contributed by atoms with van der Waals surface area (Å²) in [6.07, 6.45) is 2.70. The van der Waals surface area contributed by atoms with Crippen LogP contribution in [-0.4, -0.2) is 21.5 Å². The molecule has 0 fully saturated rings. The minimum atomic E-state index is -0.0776. The largest absolute Gasteiger partial charge is 2.00 e. The van der Waals surface area contributed by atoms with Crippen molar-refractivity contribution in [2.75, 3.05) is 0 Å². The van der Waals surface area contributed by atoms with Crippen molar-refractivity contribution in [1.82, 2.24) is 9.55 Å². The molecule has 53 heavy (non-hydrogen) atoms. The minimum absolute atomic E-state index is 0. The van der Waals surface area contributed by atoms with Crippen molar-refractivity contribution < 1.29 is 30.5 Å². The fourth-order valence-corrected chi connectivity index (χ4v) is 7.55. The van der Waals surface area contributed by atoms with Crippen LogP contribution in [0.1, 0.15) is 75.5 Å². The van der Waals surface area contributed by atoms with Gasteiger partial charge < -0.3 is 14.0 Å². The molecule has 5 nitrogen and oxygen atoms in total. The number of nitrogens with zero attached hydrogens (tertiary/aromatic N) is 3. The van der Waals surface area contributed by atoms with E-state index in [9.17, 15) is 0 Å². The molecule has 0 unspecified atom stereocenters. The summed E-state index contributed by atoms with van der Waals surface area (Å²) in [6.45, 7) is 13.4. The zero-order valence-corrected chi connectivity index (χ0v) is 33.1. The molecule has 0 saturated heterocycles. The van der Waals surface area contributed by atoms with Crippen LogP contribution in [0.3, 0.4) is 0 Å². The monoisotopic (exact) mass is 874 g/mol. The van der Waals surface area contributed by atoms with E-state index in [0.717, 1.165) is 50.7 Å². The molecule has 3 heterocycles. The molecule has 0 N–H and O–H groups in total. The van der Waals surface area contributed by atoms with Gasteiger partial charge in [0.2, 0.25) is 0 Å². The second-order valence-electron chi connectivity index (χ2n) is 16.1. The summed E-state index contributed by atoms with van der Waals surface area (Å²) in [4.78, 5) is 9.95. The zero-order chi connectivity index (χ0) is 35.8. The smallest absolute Gasteiger partial charge is 0.510 e. The molecule has 1 aliphatic heterocycles. The van der Waals surface area contributed by atoms with Crippen molar-refractivity contribution in [3.05, 3.63) is 155 Å². The summed E-state index contributed by atoms with van der Waals surface area (Å²) in [5.74, 6) is 2.62. The first-order valence-corrected chi connectivity index (χ1v) is 18.1. The molecule has 2 aromatic heterocycles. The third-order valence-electron chi connectivity index (χ3n) is 10.4. The van der Waals surface area contributed by atoms with Gasteiger partial charge in [0.15, 0.2) is 0 Å². The van der Waals surface area contributed by atoms with Gasteiger partial charge in [0.1, 0.15) is 17.8 Å². The number of benzene rings is 5. The number of hydrogen-bond donors (Lipinski definition) is 0. The number of rotatable bonds is 5. The Morgan fingerprint density at radius 3 is 2.26 bits per heavy atom. The Bertz CT molecular complexity index is 2540. The van der Waals surface area contributed by atoms with E-state index in [0.29, 0.717) is 17.4 Å². The molecule has 0 amide bonds. The van der Waals surface area contributed by atoms with Gasteiger partial charge in [-0.05, 0) is 68.7 Å². The van der Waals surface area contributed by atoms with Crippen LogP contribution in [-0.2, 0) is 43.1 Å². The summed E-state index contributed by atoms with van der Waals surface area (Å²) in [6, 6.07) is 45.4. The van der Waals surface area contributed by atoms with Crippen LogP contribution in [0.4, 0.5) is 0 Å². The van der Waals surface area contributed by atoms with Gasteiger partial charge in [0, 0.05) is 23.2 Å². The summed E-state index contributed by atoms with van der Waals surface area (Å²) in [5.41, 5.74) is 9.85. The van der Waals surface area contributed by atoms with Crippen LogP contribution in [0, 0.1) is 12.1 Å². The molecule has 6 heteroatoms. The number of fused-ring (bicyclic) bond motifs is 6. The van der Waals surface area contributed by atoms with Crippen LogP contribution in [0.25, 0.3) is 38.8 Å². The number of aliphatic imine (C=N–C) groups is 1. The average molecular weight is 875 g/mol. The van der Waals surface area contributed by atoms with Crippen molar-refractivity contribution in [3.8, 4) is 28.4 Å². The maximum atomic E-state index is 6.69. The Labute approximate surface area is 326 Å². The summed E-state index contributed by atoms with van der Waals surface area (Å²) >= 11 is 0. The topological polar surface area (TPSA) is 48.6 Å². The summed E-state index contributed by atoms with van der Waals surface area (Å²) < 4.78 is 15.5. The van der Waals surface area contributed by atoms with Gasteiger partial charge in [-0.2, -0.15) is 6.07 Å². The molecule has 2 aliphatic rings. The number of aromatic nitrogens is 2. The molecule has 5 aromatic carbocycles. The second kappa shape index (κ2) is 13.1. The van der Waals surface area contributed by atoms with Gasteiger partial charge in [0.25, 0.3) is 0 Å². The predicted octanol–water partition coefficient (Wildman–Crippen LogP) is 11.3. The first-order chi connectivity index (χ1) is 25.0. The van der Waals surface area contributed by atoms with Crippen LogP contribution in [0.5, 0.6) is 11.5 Å². The van der Waals surface area contributed by atoms with E-state index in [-0.39, 0.29) is 44.0 Å². The van der Waals surface area contributed by atoms with E-state index in [1.54, 1.807) is 0 Å². The first-order valence-electron chi connectivity index (χ1n) is 18.1. The van der Waals surface area contributed by atoms with Gasteiger partial charge in [0.05, 0.1) is 6.04 Å². The third kappa shape index (κ3) is 6.40. The number of hydrogen-bond acceptors (Lipinski definition) is 4. The molecule has 1 aliphatic carbocycles. The quantitative estimate of drug-likeness (QED) is 0.162. The first kappa shape index (κ1) is 35.1. The Morgan fingerprint density at radius 2 is 1.47 bits per heavy atom. The Morgan fingerprint density at radius 1 is 0.717 bits per heavy atom. The van der Waals surface area contributed by atoms with Crippen molar-refractivity contribution >= 4 is 27.7 Å². The fraction of sp³-hybridized carbons (Fsp3) is 0.234. The van der Waals surface area contributed by atoms with Gasteiger partial charge in [-0.3, -0.25) is 4.99 Å². The molecule has 0 radical (unpaired) electrons. The molecular formula is C47H41N3O2Pt. The normalized spacial score (nSPS) is 16.5. The number of ether oxygens (including phenoxy) is 2. The molecule has 0 saturated carbocycles. The molecule has 0 spiro atoms. The Balaban J connectivity index is 0.00000400. The van der Waals surface area contributed by atoms with E-state index in [1.807, 2.05) is 36.5 Å². The third-order valence-corrected chi connectivity index (χ3v) is 10.4.